The molecule has 1 heterocycles. The summed E-state index contributed by atoms with van der Waals surface area (Å²) in [6.07, 6.45) is 1.16. The van der Waals surface area contributed by atoms with Gasteiger partial charge in [-0.15, -0.1) is 0 Å². The van der Waals surface area contributed by atoms with Crippen LogP contribution in [-0.4, -0.2) is 36.0 Å². The molecule has 0 spiro atoms. The van der Waals surface area contributed by atoms with Crippen LogP contribution in [0.5, 0.6) is 5.75 Å². The van der Waals surface area contributed by atoms with Gasteiger partial charge in [0.25, 0.3) is 5.91 Å². The van der Waals surface area contributed by atoms with Gasteiger partial charge in [0.2, 0.25) is 0 Å². The molecule has 1 aromatic rings. The number of hydrogen-bond acceptors (Lipinski definition) is 4. The fraction of sp³-hybridized carbons (Fsp3) is 0.500. The van der Waals surface area contributed by atoms with Crippen LogP contribution in [0.2, 0.25) is 0 Å². The minimum absolute atomic E-state index is 0.267. The molecule has 5 nitrogen and oxygen atoms in total. The Kier molecular flexibility index (Phi) is 4.83. The molecule has 1 saturated heterocycles. The van der Waals surface area contributed by atoms with Gasteiger partial charge in [-0.05, 0) is 43.0 Å². The number of hydrogen-bond donors (Lipinski definition) is 0. The third kappa shape index (κ3) is 3.74. The maximum Gasteiger partial charge on any atom is 0.254 e. The number of benzene rings is 1. The summed E-state index contributed by atoms with van der Waals surface area (Å²) in [5.74, 6) is -0.312. The van der Waals surface area contributed by atoms with E-state index in [1.807, 2.05) is 0 Å². The van der Waals surface area contributed by atoms with Crippen molar-refractivity contribution in [2.75, 3.05) is 13.2 Å². The number of rotatable bonds is 5. The molecule has 21 heavy (non-hydrogen) atoms. The van der Waals surface area contributed by atoms with Gasteiger partial charge in [-0.1, -0.05) is 13.8 Å². The number of aliphatic carboxylic acids is 1. The van der Waals surface area contributed by atoms with E-state index < -0.39 is 12.0 Å². The SMILES string of the molecule is CC(C)COc1ccc(C(=O)N2CCC[C@H]2C(=O)[O-])cc1. The topological polar surface area (TPSA) is 69.7 Å². The lowest BCUT2D eigenvalue weighted by Gasteiger charge is -2.25. The van der Waals surface area contributed by atoms with E-state index in [4.69, 9.17) is 4.74 Å². The zero-order valence-electron chi connectivity index (χ0n) is 12.4. The molecular weight excluding hydrogens is 270 g/mol. The average molecular weight is 290 g/mol. The molecule has 1 aliphatic rings. The van der Waals surface area contributed by atoms with E-state index in [-0.39, 0.29) is 5.91 Å². The molecule has 0 aromatic heterocycles. The molecule has 0 radical (unpaired) electrons. The molecule has 0 aliphatic carbocycles. The first-order valence-corrected chi connectivity index (χ1v) is 7.23. The quantitative estimate of drug-likeness (QED) is 0.813. The highest BCUT2D eigenvalue weighted by atomic mass is 16.5. The molecule has 5 heteroatoms. The lowest BCUT2D eigenvalue weighted by Crippen LogP contribution is -2.46. The lowest BCUT2D eigenvalue weighted by atomic mass is 10.1. The van der Waals surface area contributed by atoms with E-state index in [0.717, 1.165) is 0 Å². The molecule has 1 atom stereocenters. The number of nitrogens with zero attached hydrogens (tertiary/aromatic N) is 1. The van der Waals surface area contributed by atoms with Crippen LogP contribution in [0.15, 0.2) is 24.3 Å². The van der Waals surface area contributed by atoms with E-state index in [1.165, 1.54) is 4.90 Å². The van der Waals surface area contributed by atoms with Crippen molar-refractivity contribution in [1.82, 2.24) is 4.90 Å². The first kappa shape index (κ1) is 15.4. The molecule has 0 unspecified atom stereocenters. The minimum Gasteiger partial charge on any atom is -0.548 e. The second-order valence-electron chi connectivity index (χ2n) is 5.70. The van der Waals surface area contributed by atoms with Crippen LogP contribution in [0, 0.1) is 5.92 Å². The summed E-state index contributed by atoms with van der Waals surface area (Å²) in [5.41, 5.74) is 0.472. The number of carboxylic acid groups (broad SMARTS) is 1. The molecule has 2 rings (SSSR count). The predicted octanol–water partition coefficient (Wildman–Crippen LogP) is 1.08. The number of carbonyl (C=O) groups excluding carboxylic acids is 2. The van der Waals surface area contributed by atoms with Crippen LogP contribution in [-0.2, 0) is 4.79 Å². The lowest BCUT2D eigenvalue weighted by molar-refractivity contribution is -0.310. The van der Waals surface area contributed by atoms with Crippen molar-refractivity contribution in [3.05, 3.63) is 29.8 Å². The number of amides is 1. The van der Waals surface area contributed by atoms with Gasteiger partial charge in [-0.2, -0.15) is 0 Å². The average Bonchev–Trinajstić information content (AvgIpc) is 2.94. The van der Waals surface area contributed by atoms with Gasteiger partial charge in [0.1, 0.15) is 5.75 Å². The molecular formula is C16H20NO4-. The van der Waals surface area contributed by atoms with Gasteiger partial charge in [-0.25, -0.2) is 0 Å². The maximum atomic E-state index is 12.3. The molecule has 114 valence electrons. The standard InChI is InChI=1S/C16H21NO4/c1-11(2)10-21-13-7-5-12(6-8-13)15(18)17-9-3-4-14(17)16(19)20/h5-8,11,14H,3-4,9-10H2,1-2H3,(H,19,20)/p-1/t14-/m0/s1. The third-order valence-electron chi connectivity index (χ3n) is 3.47. The van der Waals surface area contributed by atoms with Gasteiger partial charge in [0, 0.05) is 12.1 Å². The van der Waals surface area contributed by atoms with Gasteiger partial charge in [-0.3, -0.25) is 4.79 Å². The number of ether oxygens (including phenoxy) is 1. The van der Waals surface area contributed by atoms with Crippen molar-refractivity contribution >= 4 is 11.9 Å². The van der Waals surface area contributed by atoms with Crippen LogP contribution in [0.3, 0.4) is 0 Å². The second-order valence-corrected chi connectivity index (χ2v) is 5.70. The van der Waals surface area contributed by atoms with Gasteiger partial charge >= 0.3 is 0 Å². The first-order chi connectivity index (χ1) is 9.99. The molecule has 1 aliphatic heterocycles. The Balaban J connectivity index is 2.04. The summed E-state index contributed by atoms with van der Waals surface area (Å²) < 4.78 is 5.56. The second kappa shape index (κ2) is 6.61. The summed E-state index contributed by atoms with van der Waals surface area (Å²) in [6.45, 7) is 5.20. The van der Waals surface area contributed by atoms with Crippen LogP contribution < -0.4 is 9.84 Å². The first-order valence-electron chi connectivity index (χ1n) is 7.23. The third-order valence-corrected chi connectivity index (χ3v) is 3.47. The van der Waals surface area contributed by atoms with E-state index in [1.54, 1.807) is 24.3 Å². The highest BCUT2D eigenvalue weighted by Crippen LogP contribution is 2.21. The largest absolute Gasteiger partial charge is 0.548 e. The number of carbonyl (C=O) groups is 2. The highest BCUT2D eigenvalue weighted by Gasteiger charge is 2.30. The molecule has 0 saturated carbocycles. The zero-order valence-corrected chi connectivity index (χ0v) is 12.4. The van der Waals surface area contributed by atoms with Crippen molar-refractivity contribution in [2.45, 2.75) is 32.7 Å². The highest BCUT2D eigenvalue weighted by molar-refractivity contribution is 5.96. The van der Waals surface area contributed by atoms with E-state index in [9.17, 15) is 14.7 Å². The van der Waals surface area contributed by atoms with E-state index in [2.05, 4.69) is 13.8 Å². The molecule has 1 amide bonds. The van der Waals surface area contributed by atoms with Crippen molar-refractivity contribution in [3.8, 4) is 5.75 Å². The van der Waals surface area contributed by atoms with Crippen molar-refractivity contribution in [1.29, 1.82) is 0 Å². The smallest absolute Gasteiger partial charge is 0.254 e. The summed E-state index contributed by atoms with van der Waals surface area (Å²) in [7, 11) is 0. The van der Waals surface area contributed by atoms with E-state index >= 15 is 0 Å². The van der Waals surface area contributed by atoms with Crippen molar-refractivity contribution < 1.29 is 19.4 Å². The number of likely N-dealkylation sites (tertiary alicyclic amines) is 1. The molecule has 1 fully saturated rings. The summed E-state index contributed by atoms with van der Waals surface area (Å²) >= 11 is 0. The van der Waals surface area contributed by atoms with Crippen LogP contribution in [0.1, 0.15) is 37.0 Å². The van der Waals surface area contributed by atoms with Gasteiger partial charge < -0.3 is 19.5 Å². The normalized spacial score (nSPS) is 18.0. The van der Waals surface area contributed by atoms with E-state index in [0.29, 0.717) is 43.2 Å². The van der Waals surface area contributed by atoms with Crippen molar-refractivity contribution in [2.24, 2.45) is 5.92 Å². The zero-order chi connectivity index (χ0) is 15.4. The summed E-state index contributed by atoms with van der Waals surface area (Å²) in [5, 5.41) is 11.0. The number of carboxylic acids is 1. The Hall–Kier alpha value is -2.04. The Bertz CT molecular complexity index is 510. The van der Waals surface area contributed by atoms with Crippen LogP contribution in [0.4, 0.5) is 0 Å². The summed E-state index contributed by atoms with van der Waals surface area (Å²) in [4.78, 5) is 24.7. The Morgan fingerprint density at radius 1 is 1.33 bits per heavy atom. The molecule has 0 bridgehead atoms. The maximum absolute atomic E-state index is 12.3. The minimum atomic E-state index is -1.18. The van der Waals surface area contributed by atoms with Crippen LogP contribution >= 0.6 is 0 Å². The predicted molar refractivity (Wildman–Crippen MR) is 75.8 cm³/mol. The monoisotopic (exact) mass is 290 g/mol. The van der Waals surface area contributed by atoms with Crippen LogP contribution in [0.25, 0.3) is 0 Å². The van der Waals surface area contributed by atoms with Gasteiger partial charge in [0.15, 0.2) is 0 Å². The fourth-order valence-electron chi connectivity index (χ4n) is 2.38. The van der Waals surface area contributed by atoms with Crippen molar-refractivity contribution in [3.63, 3.8) is 0 Å². The summed E-state index contributed by atoms with van der Waals surface area (Å²) in [6, 6.07) is 6.00. The van der Waals surface area contributed by atoms with Gasteiger partial charge in [0.05, 0.1) is 18.6 Å². The molecule has 1 aromatic carbocycles. The fourth-order valence-corrected chi connectivity index (χ4v) is 2.38. The Morgan fingerprint density at radius 2 is 2.00 bits per heavy atom. The Labute approximate surface area is 124 Å². The molecule has 0 N–H and O–H groups in total. The Morgan fingerprint density at radius 3 is 2.57 bits per heavy atom.